The smallest absolute Gasteiger partial charge is 0.160 e. The van der Waals surface area contributed by atoms with Crippen LogP contribution >= 0.6 is 27.5 Å². The van der Waals surface area contributed by atoms with Gasteiger partial charge in [0.25, 0.3) is 0 Å². The summed E-state index contributed by atoms with van der Waals surface area (Å²) in [4.78, 5) is 9.31. The molecule has 0 radical (unpaired) electrons. The number of hydrogen-bond donors (Lipinski definition) is 0. The monoisotopic (exact) mass is 363 g/mol. The third-order valence-electron chi connectivity index (χ3n) is 3.36. The van der Waals surface area contributed by atoms with Gasteiger partial charge in [-0.1, -0.05) is 28.1 Å². The van der Waals surface area contributed by atoms with Gasteiger partial charge in [-0.2, -0.15) is 0 Å². The molecule has 0 saturated carbocycles. The molecule has 0 unspecified atom stereocenters. The van der Waals surface area contributed by atoms with Crippen molar-refractivity contribution in [2.75, 3.05) is 5.88 Å². The van der Waals surface area contributed by atoms with E-state index in [4.69, 9.17) is 11.6 Å². The van der Waals surface area contributed by atoms with E-state index in [0.29, 0.717) is 5.88 Å². The molecular formula is C16H15BrClN3. The second-order valence-corrected chi connectivity index (χ2v) is 6.27. The summed E-state index contributed by atoms with van der Waals surface area (Å²) in [6, 6.07) is 12.3. The zero-order valence-corrected chi connectivity index (χ0v) is 14.0. The third kappa shape index (κ3) is 3.11. The number of hydrogen-bond acceptors (Lipinski definition) is 2. The molecule has 3 nitrogen and oxygen atoms in total. The molecule has 2 heterocycles. The quantitative estimate of drug-likeness (QED) is 0.645. The summed E-state index contributed by atoms with van der Waals surface area (Å²) >= 11 is 9.43. The van der Waals surface area contributed by atoms with Crippen LogP contribution in [-0.4, -0.2) is 20.4 Å². The molecule has 0 aliphatic rings. The zero-order valence-electron chi connectivity index (χ0n) is 11.7. The molecule has 3 rings (SSSR count). The number of fused-ring (bicyclic) bond motifs is 1. The summed E-state index contributed by atoms with van der Waals surface area (Å²) in [5.41, 5.74) is 4.06. The number of imidazole rings is 1. The van der Waals surface area contributed by atoms with Crippen LogP contribution in [0.2, 0.25) is 0 Å². The van der Waals surface area contributed by atoms with Crippen molar-refractivity contribution in [1.29, 1.82) is 0 Å². The Bertz CT molecular complexity index is 782. The molecule has 0 N–H and O–H groups in total. The molecule has 0 bridgehead atoms. The summed E-state index contributed by atoms with van der Waals surface area (Å²) < 4.78 is 3.24. The summed E-state index contributed by atoms with van der Waals surface area (Å²) in [5, 5.41) is 0. The minimum atomic E-state index is 0.556. The number of nitrogens with zero attached hydrogens (tertiary/aromatic N) is 3. The number of alkyl halides is 1. The number of pyridine rings is 1. The fourth-order valence-electron chi connectivity index (χ4n) is 2.40. The Hall–Kier alpha value is -1.39. The first-order chi connectivity index (χ1) is 10.2. The van der Waals surface area contributed by atoms with E-state index >= 15 is 0 Å². The van der Waals surface area contributed by atoms with Gasteiger partial charge in [0.1, 0.15) is 11.3 Å². The van der Waals surface area contributed by atoms with Crippen molar-refractivity contribution in [3.8, 4) is 0 Å². The molecule has 2 aromatic heterocycles. The minimum absolute atomic E-state index is 0.556. The summed E-state index contributed by atoms with van der Waals surface area (Å²) in [7, 11) is 0. The summed E-state index contributed by atoms with van der Waals surface area (Å²) in [6.45, 7) is 2.75. The highest BCUT2D eigenvalue weighted by atomic mass is 79.9. The van der Waals surface area contributed by atoms with Crippen molar-refractivity contribution >= 4 is 38.7 Å². The van der Waals surface area contributed by atoms with Crippen molar-refractivity contribution in [1.82, 2.24) is 14.5 Å². The second-order valence-electron chi connectivity index (χ2n) is 4.98. The molecule has 5 heteroatoms. The molecular weight excluding hydrogens is 350 g/mol. The lowest BCUT2D eigenvalue weighted by Crippen LogP contribution is -2.07. The molecule has 0 amide bonds. The summed E-state index contributed by atoms with van der Waals surface area (Å²) in [6.07, 6.45) is 0.741. The standard InChI is InChI=1S/C16H15BrClN3/c1-11-5-6-14-16(19-11)21(15(20-14)7-8-18)10-12-3-2-4-13(17)9-12/h2-6,9H,7-8,10H2,1H3. The number of aryl methyl sites for hydroxylation is 2. The van der Waals surface area contributed by atoms with Gasteiger partial charge in [0, 0.05) is 22.5 Å². The number of aromatic nitrogens is 3. The van der Waals surface area contributed by atoms with Crippen LogP contribution in [0, 0.1) is 6.92 Å². The zero-order chi connectivity index (χ0) is 14.8. The Morgan fingerprint density at radius 2 is 2.05 bits per heavy atom. The maximum Gasteiger partial charge on any atom is 0.160 e. The van der Waals surface area contributed by atoms with Crippen molar-refractivity contribution in [3.63, 3.8) is 0 Å². The lowest BCUT2D eigenvalue weighted by atomic mass is 10.2. The lowest BCUT2D eigenvalue weighted by molar-refractivity contribution is 0.746. The highest BCUT2D eigenvalue weighted by molar-refractivity contribution is 9.10. The van der Waals surface area contributed by atoms with Crippen LogP contribution in [0.3, 0.4) is 0 Å². The number of halogens is 2. The van der Waals surface area contributed by atoms with Gasteiger partial charge in [-0.25, -0.2) is 9.97 Å². The molecule has 0 saturated heterocycles. The van der Waals surface area contributed by atoms with Crippen molar-refractivity contribution in [2.24, 2.45) is 0 Å². The normalized spacial score (nSPS) is 11.2. The second kappa shape index (κ2) is 6.16. The average molecular weight is 365 g/mol. The maximum absolute atomic E-state index is 5.91. The van der Waals surface area contributed by atoms with Gasteiger partial charge in [0.2, 0.25) is 0 Å². The van der Waals surface area contributed by atoms with Crippen LogP contribution < -0.4 is 0 Å². The van der Waals surface area contributed by atoms with Crippen molar-refractivity contribution in [2.45, 2.75) is 19.9 Å². The van der Waals surface area contributed by atoms with Gasteiger partial charge in [-0.15, -0.1) is 11.6 Å². The lowest BCUT2D eigenvalue weighted by Gasteiger charge is -2.09. The van der Waals surface area contributed by atoms with E-state index < -0.39 is 0 Å². The fraction of sp³-hybridized carbons (Fsp3) is 0.250. The van der Waals surface area contributed by atoms with Gasteiger partial charge < -0.3 is 4.57 Å². The van der Waals surface area contributed by atoms with E-state index in [-0.39, 0.29) is 0 Å². The van der Waals surface area contributed by atoms with Gasteiger partial charge in [-0.3, -0.25) is 0 Å². The molecule has 0 atom stereocenters. The Morgan fingerprint density at radius 3 is 2.81 bits per heavy atom. The first-order valence-electron chi connectivity index (χ1n) is 6.80. The summed E-state index contributed by atoms with van der Waals surface area (Å²) in [5.74, 6) is 1.54. The van der Waals surface area contributed by atoms with Crippen LogP contribution in [0.15, 0.2) is 40.9 Å². The molecule has 0 aliphatic carbocycles. The molecule has 108 valence electrons. The van der Waals surface area contributed by atoms with Crippen molar-refractivity contribution < 1.29 is 0 Å². The minimum Gasteiger partial charge on any atom is -0.308 e. The number of rotatable bonds is 4. The molecule has 0 aliphatic heterocycles. The molecule has 0 fully saturated rings. The van der Waals surface area contributed by atoms with Crippen LogP contribution in [0.1, 0.15) is 17.1 Å². The van der Waals surface area contributed by atoms with Gasteiger partial charge >= 0.3 is 0 Å². The highest BCUT2D eigenvalue weighted by Crippen LogP contribution is 2.19. The topological polar surface area (TPSA) is 30.7 Å². The van der Waals surface area contributed by atoms with E-state index in [0.717, 1.165) is 40.1 Å². The Balaban J connectivity index is 2.10. The maximum atomic E-state index is 5.91. The SMILES string of the molecule is Cc1ccc2nc(CCCl)n(Cc3cccc(Br)c3)c2n1. The predicted octanol–water partition coefficient (Wildman–Crippen LogP) is 4.33. The van der Waals surface area contributed by atoms with Crippen molar-refractivity contribution in [3.05, 3.63) is 58.0 Å². The van der Waals surface area contributed by atoms with Gasteiger partial charge in [0.15, 0.2) is 5.65 Å². The largest absolute Gasteiger partial charge is 0.308 e. The predicted molar refractivity (Wildman–Crippen MR) is 89.9 cm³/mol. The van der Waals surface area contributed by atoms with E-state index in [1.54, 1.807) is 0 Å². The van der Waals surface area contributed by atoms with E-state index in [2.05, 4.69) is 42.6 Å². The van der Waals surface area contributed by atoms with Gasteiger partial charge in [0.05, 0.1) is 6.54 Å². The van der Waals surface area contributed by atoms with E-state index in [9.17, 15) is 0 Å². The van der Waals surface area contributed by atoms with Crippen LogP contribution in [-0.2, 0) is 13.0 Å². The molecule has 3 aromatic rings. The average Bonchev–Trinajstić information content (AvgIpc) is 2.77. The Kier molecular flexibility index (Phi) is 4.27. The molecule has 21 heavy (non-hydrogen) atoms. The highest BCUT2D eigenvalue weighted by Gasteiger charge is 2.12. The van der Waals surface area contributed by atoms with Gasteiger partial charge in [-0.05, 0) is 36.8 Å². The Labute approximate surface area is 137 Å². The van der Waals surface area contributed by atoms with Crippen LogP contribution in [0.4, 0.5) is 0 Å². The fourth-order valence-corrected chi connectivity index (χ4v) is 3.02. The molecule has 1 aromatic carbocycles. The molecule has 0 spiro atoms. The first kappa shape index (κ1) is 14.5. The van der Waals surface area contributed by atoms with E-state index in [1.807, 2.05) is 31.2 Å². The van der Waals surface area contributed by atoms with E-state index in [1.165, 1.54) is 5.56 Å². The Morgan fingerprint density at radius 1 is 1.19 bits per heavy atom. The van der Waals surface area contributed by atoms with Crippen LogP contribution in [0.25, 0.3) is 11.2 Å². The third-order valence-corrected chi connectivity index (χ3v) is 4.04. The number of benzene rings is 1. The first-order valence-corrected chi connectivity index (χ1v) is 8.13. The van der Waals surface area contributed by atoms with Crippen LogP contribution in [0.5, 0.6) is 0 Å².